The van der Waals surface area contributed by atoms with E-state index in [0.717, 1.165) is 79.7 Å². The van der Waals surface area contributed by atoms with Gasteiger partial charge >= 0.3 is 0 Å². The van der Waals surface area contributed by atoms with Crippen molar-refractivity contribution in [3.63, 3.8) is 0 Å². The monoisotopic (exact) mass is 1030 g/mol. The molecule has 8 rings (SSSR count). The van der Waals surface area contributed by atoms with Gasteiger partial charge in [-0.3, -0.25) is 4.79 Å². The molecule has 4 aromatic heterocycles. The summed E-state index contributed by atoms with van der Waals surface area (Å²) in [6, 6.07) is 33.1. The highest BCUT2D eigenvalue weighted by Crippen LogP contribution is 2.46. The second-order valence-corrected chi connectivity index (χ2v) is 22.4. The van der Waals surface area contributed by atoms with E-state index in [1.807, 2.05) is 24.8 Å². The quantitative estimate of drug-likeness (QED) is 0.137. The number of aromatic nitrogens is 4. The number of carbonyl (C=O) groups excluding carboxylic acids is 1. The van der Waals surface area contributed by atoms with Crippen molar-refractivity contribution in [2.24, 2.45) is 0 Å². The fourth-order valence-corrected chi connectivity index (χ4v) is 11.5. The average Bonchev–Trinajstić information content (AvgIpc) is 4.03. The minimum atomic E-state index is -1.07. The van der Waals surface area contributed by atoms with Gasteiger partial charge in [0, 0.05) is 22.3 Å². The number of benzene rings is 4. The van der Waals surface area contributed by atoms with Crippen LogP contribution < -0.4 is 0 Å². The maximum atomic E-state index is 16.1. The molecule has 4 heterocycles. The molecule has 0 saturated heterocycles. The number of Topliss-reactive ketones (excluding diaryl/α,β-unsaturated/α-hetero) is 1. The van der Waals surface area contributed by atoms with Crippen molar-refractivity contribution in [2.45, 2.75) is 24.7 Å². The summed E-state index contributed by atoms with van der Waals surface area (Å²) in [7, 11) is 0. The van der Waals surface area contributed by atoms with Crippen LogP contribution in [0.25, 0.3) is 42.3 Å². The molecule has 0 fully saturated rings. The highest BCUT2D eigenvalue weighted by atomic mass is 79.9. The zero-order valence-electron chi connectivity index (χ0n) is 28.4. The Morgan fingerprint density at radius 3 is 0.778 bits per heavy atom. The van der Waals surface area contributed by atoms with Crippen molar-refractivity contribution < 1.29 is 4.79 Å². The van der Waals surface area contributed by atoms with Crippen LogP contribution in [-0.4, -0.2) is 25.7 Å². The minimum Gasteiger partial charge on any atom is -0.297 e. The molecule has 0 unspecified atom stereocenters. The molecule has 54 heavy (non-hydrogen) atoms. The Morgan fingerprint density at radius 2 is 0.611 bits per heavy atom. The summed E-state index contributed by atoms with van der Waals surface area (Å²) in [5.41, 5.74) is 5.36. The second kappa shape index (κ2) is 15.5. The summed E-state index contributed by atoms with van der Waals surface area (Å²) in [5.74, 6) is 0.0407. The van der Waals surface area contributed by atoms with Crippen LogP contribution in [0.3, 0.4) is 0 Å². The number of nitrogens with zero attached hydrogens (tertiary/aromatic N) is 4. The van der Waals surface area contributed by atoms with Crippen LogP contribution in [0.2, 0.25) is 0 Å². The summed E-state index contributed by atoms with van der Waals surface area (Å²) in [4.78, 5) is 34.4. The van der Waals surface area contributed by atoms with Crippen molar-refractivity contribution in [1.82, 2.24) is 19.9 Å². The molecule has 268 valence electrons. The van der Waals surface area contributed by atoms with Gasteiger partial charge in [0.2, 0.25) is 0 Å². The first-order valence-electron chi connectivity index (χ1n) is 16.5. The lowest BCUT2D eigenvalue weighted by molar-refractivity contribution is -0.126. The topological polar surface area (TPSA) is 68.6 Å². The smallest absolute Gasteiger partial charge is 0.162 e. The van der Waals surface area contributed by atoms with E-state index in [1.165, 1.54) is 0 Å². The number of rotatable bonds is 10. The Morgan fingerprint density at radius 1 is 0.407 bits per heavy atom. The first-order chi connectivity index (χ1) is 26.0. The van der Waals surface area contributed by atoms with Gasteiger partial charge in [-0.2, -0.15) is 0 Å². The number of carbonyl (C=O) groups is 1. The molecule has 0 radical (unpaired) electrons. The summed E-state index contributed by atoms with van der Waals surface area (Å²) in [5, 5.41) is 3.63. The van der Waals surface area contributed by atoms with E-state index in [4.69, 9.17) is 0 Å². The molecule has 0 aliphatic rings. The molecule has 13 heteroatoms. The van der Waals surface area contributed by atoms with E-state index in [0.29, 0.717) is 0 Å². The van der Waals surface area contributed by atoms with Crippen molar-refractivity contribution in [2.75, 3.05) is 0 Å². The Balaban J connectivity index is 1.29. The number of hydrogen-bond acceptors (Lipinski definition) is 9. The predicted octanol–water partition coefficient (Wildman–Crippen LogP) is 14.1. The van der Waals surface area contributed by atoms with Gasteiger partial charge in [-0.1, -0.05) is 97.1 Å². The molecule has 5 nitrogen and oxygen atoms in total. The van der Waals surface area contributed by atoms with E-state index in [1.54, 1.807) is 45.3 Å². The second-order valence-electron chi connectivity index (χ2n) is 12.8. The van der Waals surface area contributed by atoms with Gasteiger partial charge in [-0.15, -0.1) is 45.3 Å². The predicted molar refractivity (Wildman–Crippen MR) is 239 cm³/mol. The SMILES string of the molecule is CC(C(=O)C(C)(c1ccc(-c2ncc(Br)s2)cc1)c1ccc(-c2ncc(Br)s2)cc1)(c1ccc(-c2ncc(Br)s2)cc1)c1ccc(-c2ncc(Br)s2)cc1. The van der Waals surface area contributed by atoms with Crippen molar-refractivity contribution >= 4 is 115 Å². The third-order valence-electron chi connectivity index (χ3n) is 9.65. The number of thiazole rings is 4. The van der Waals surface area contributed by atoms with Gasteiger partial charge in [0.25, 0.3) is 0 Å². The number of hydrogen-bond donors (Lipinski definition) is 0. The van der Waals surface area contributed by atoms with Crippen LogP contribution in [0.5, 0.6) is 0 Å². The molecular formula is C41H26Br4N4OS4. The van der Waals surface area contributed by atoms with E-state index in [2.05, 4.69) is 195 Å². The molecule has 8 aromatic rings. The van der Waals surface area contributed by atoms with Crippen LogP contribution in [-0.2, 0) is 15.6 Å². The fraction of sp³-hybridized carbons (Fsp3) is 0.0976. The van der Waals surface area contributed by atoms with Crippen LogP contribution in [0.4, 0.5) is 0 Å². The molecule has 0 saturated carbocycles. The molecule has 4 aromatic carbocycles. The minimum absolute atomic E-state index is 0.0407. The van der Waals surface area contributed by atoms with Gasteiger partial charge in [-0.05, 0) is 99.8 Å². The summed E-state index contributed by atoms with van der Waals surface area (Å²) in [6.45, 7) is 4.11. The summed E-state index contributed by atoms with van der Waals surface area (Å²) >= 11 is 20.5. The van der Waals surface area contributed by atoms with Crippen molar-refractivity contribution in [1.29, 1.82) is 0 Å². The maximum Gasteiger partial charge on any atom is 0.162 e. The molecule has 0 bridgehead atoms. The standard InChI is InChI=1S/C41H26Br4N4OS4/c1-40(27-11-3-23(4-12-27)35-46-19-31(42)51-35,28-13-5-24(6-14-28)36-47-20-32(43)52-36)39(50)41(2,29-15-7-25(8-16-29)37-48-21-33(44)53-37)30-17-9-26(10-18-30)38-49-22-34(45)54-38/h3-22H,1-2H3. The maximum absolute atomic E-state index is 16.1. The van der Waals surface area contributed by atoms with Crippen molar-refractivity contribution in [3.05, 3.63) is 159 Å². The summed E-state index contributed by atoms with van der Waals surface area (Å²) < 4.78 is 3.86. The normalized spacial score (nSPS) is 12.0. The highest BCUT2D eigenvalue weighted by molar-refractivity contribution is 9.11. The van der Waals surface area contributed by atoms with Gasteiger partial charge in [-0.25, -0.2) is 19.9 Å². The molecular weight excluding hydrogens is 1010 g/mol. The third-order valence-corrected chi connectivity index (χ3v) is 15.8. The highest BCUT2D eigenvalue weighted by Gasteiger charge is 2.49. The van der Waals surface area contributed by atoms with Crippen LogP contribution in [0.15, 0.2) is 137 Å². The number of halogens is 4. The lowest BCUT2D eigenvalue weighted by atomic mass is 9.60. The lowest BCUT2D eigenvalue weighted by Crippen LogP contribution is -2.47. The Bertz CT molecular complexity index is 2250. The zero-order chi connectivity index (χ0) is 37.6. The van der Waals surface area contributed by atoms with Crippen LogP contribution in [0.1, 0.15) is 36.1 Å². The molecule has 0 amide bonds. The van der Waals surface area contributed by atoms with Crippen LogP contribution >= 0.6 is 109 Å². The molecule has 0 aliphatic heterocycles. The first-order valence-corrected chi connectivity index (χ1v) is 22.9. The molecule has 0 spiro atoms. The van der Waals surface area contributed by atoms with Gasteiger partial charge in [0.1, 0.15) is 20.0 Å². The van der Waals surface area contributed by atoms with Gasteiger partial charge < -0.3 is 0 Å². The first kappa shape index (κ1) is 37.9. The van der Waals surface area contributed by atoms with Gasteiger partial charge in [0.05, 0.1) is 50.8 Å². The van der Waals surface area contributed by atoms with E-state index < -0.39 is 10.8 Å². The van der Waals surface area contributed by atoms with E-state index >= 15 is 4.79 Å². The summed E-state index contributed by atoms with van der Waals surface area (Å²) in [6.07, 6.45) is 7.25. The fourth-order valence-electron chi connectivity index (χ4n) is 6.69. The van der Waals surface area contributed by atoms with E-state index in [9.17, 15) is 0 Å². The third kappa shape index (κ3) is 7.22. The van der Waals surface area contributed by atoms with Crippen LogP contribution in [0, 0.1) is 0 Å². The van der Waals surface area contributed by atoms with Gasteiger partial charge in [0.15, 0.2) is 5.78 Å². The largest absolute Gasteiger partial charge is 0.297 e. The molecule has 0 aliphatic carbocycles. The van der Waals surface area contributed by atoms with Crippen molar-refractivity contribution in [3.8, 4) is 42.3 Å². The number of ketones is 1. The zero-order valence-corrected chi connectivity index (χ0v) is 38.0. The molecule has 0 N–H and O–H groups in total. The Kier molecular flexibility index (Phi) is 10.9. The molecule has 0 atom stereocenters. The Labute approximate surface area is 362 Å². The lowest BCUT2D eigenvalue weighted by Gasteiger charge is -2.40. The van der Waals surface area contributed by atoms with E-state index in [-0.39, 0.29) is 5.78 Å². The average molecular weight is 1040 g/mol. The Hall–Kier alpha value is -3.01.